The minimum atomic E-state index is -0.160. The van der Waals surface area contributed by atoms with E-state index in [2.05, 4.69) is 10.3 Å². The SMILES string of the molecule is CNC(=O)c1nccn1C. The van der Waals surface area contributed by atoms with Gasteiger partial charge in [-0.05, 0) is 0 Å². The van der Waals surface area contributed by atoms with E-state index in [0.717, 1.165) is 0 Å². The number of carbonyl (C=O) groups is 1. The molecule has 0 unspecified atom stereocenters. The summed E-state index contributed by atoms with van der Waals surface area (Å²) in [5, 5.41) is 2.49. The fourth-order valence-electron chi connectivity index (χ4n) is 0.696. The van der Waals surface area contributed by atoms with Gasteiger partial charge < -0.3 is 9.88 Å². The molecule has 0 saturated heterocycles. The van der Waals surface area contributed by atoms with Crippen molar-refractivity contribution in [3.63, 3.8) is 0 Å². The van der Waals surface area contributed by atoms with Gasteiger partial charge in [-0.25, -0.2) is 4.98 Å². The molecule has 0 aliphatic carbocycles. The molecule has 1 aromatic rings. The Bertz CT molecular complexity index is 241. The van der Waals surface area contributed by atoms with Crippen LogP contribution in [0, 0.1) is 0 Å². The second-order valence-corrected chi connectivity index (χ2v) is 1.94. The molecule has 0 aliphatic rings. The van der Waals surface area contributed by atoms with Crippen LogP contribution < -0.4 is 5.32 Å². The molecule has 0 aromatic carbocycles. The van der Waals surface area contributed by atoms with E-state index < -0.39 is 0 Å². The van der Waals surface area contributed by atoms with Crippen LogP contribution in [0.5, 0.6) is 0 Å². The molecular weight excluding hydrogens is 130 g/mol. The first-order valence-corrected chi connectivity index (χ1v) is 2.95. The number of imidazole rings is 1. The molecule has 10 heavy (non-hydrogen) atoms. The molecule has 1 N–H and O–H groups in total. The van der Waals surface area contributed by atoms with E-state index in [0.29, 0.717) is 5.82 Å². The van der Waals surface area contributed by atoms with E-state index in [9.17, 15) is 4.79 Å². The highest BCUT2D eigenvalue weighted by atomic mass is 16.2. The number of hydrogen-bond acceptors (Lipinski definition) is 2. The van der Waals surface area contributed by atoms with E-state index in [1.807, 2.05) is 0 Å². The zero-order valence-electron chi connectivity index (χ0n) is 5.96. The summed E-state index contributed by atoms with van der Waals surface area (Å²) in [7, 11) is 3.36. The predicted molar refractivity (Wildman–Crippen MR) is 36.6 cm³/mol. The highest BCUT2D eigenvalue weighted by Gasteiger charge is 2.06. The van der Waals surface area contributed by atoms with Gasteiger partial charge in [0.1, 0.15) is 0 Å². The van der Waals surface area contributed by atoms with Gasteiger partial charge in [-0.15, -0.1) is 0 Å². The largest absolute Gasteiger partial charge is 0.352 e. The predicted octanol–water partition coefficient (Wildman–Crippen LogP) is -0.220. The van der Waals surface area contributed by atoms with Gasteiger partial charge in [-0.3, -0.25) is 4.79 Å². The van der Waals surface area contributed by atoms with Crippen molar-refractivity contribution in [3.05, 3.63) is 18.2 Å². The summed E-state index contributed by atoms with van der Waals surface area (Å²) in [6.45, 7) is 0. The molecule has 0 spiro atoms. The fourth-order valence-corrected chi connectivity index (χ4v) is 0.696. The molecule has 0 radical (unpaired) electrons. The van der Waals surface area contributed by atoms with Crippen molar-refractivity contribution in [2.75, 3.05) is 7.05 Å². The van der Waals surface area contributed by atoms with E-state index >= 15 is 0 Å². The van der Waals surface area contributed by atoms with Crippen molar-refractivity contribution >= 4 is 5.91 Å². The van der Waals surface area contributed by atoms with Crippen molar-refractivity contribution in [3.8, 4) is 0 Å². The van der Waals surface area contributed by atoms with Crippen LogP contribution in [-0.4, -0.2) is 22.5 Å². The van der Waals surface area contributed by atoms with E-state index in [4.69, 9.17) is 0 Å². The second-order valence-electron chi connectivity index (χ2n) is 1.94. The Morgan fingerprint density at radius 2 is 2.50 bits per heavy atom. The van der Waals surface area contributed by atoms with Gasteiger partial charge in [-0.1, -0.05) is 0 Å². The molecule has 0 aliphatic heterocycles. The topological polar surface area (TPSA) is 46.9 Å². The van der Waals surface area contributed by atoms with Crippen LogP contribution in [0.15, 0.2) is 12.4 Å². The van der Waals surface area contributed by atoms with Crippen molar-refractivity contribution < 1.29 is 4.79 Å². The van der Waals surface area contributed by atoms with Crippen molar-refractivity contribution in [1.29, 1.82) is 0 Å². The minimum absolute atomic E-state index is 0.160. The van der Waals surface area contributed by atoms with Crippen LogP contribution in [0.3, 0.4) is 0 Å². The first-order valence-electron chi connectivity index (χ1n) is 2.95. The number of aryl methyl sites for hydroxylation is 1. The van der Waals surface area contributed by atoms with Gasteiger partial charge in [0.25, 0.3) is 5.91 Å². The second kappa shape index (κ2) is 2.51. The number of aromatic nitrogens is 2. The molecule has 4 nitrogen and oxygen atoms in total. The third-order valence-corrected chi connectivity index (χ3v) is 1.25. The Morgan fingerprint density at radius 3 is 2.90 bits per heavy atom. The Labute approximate surface area is 58.9 Å². The summed E-state index contributed by atoms with van der Waals surface area (Å²) in [5.74, 6) is 0.273. The maximum absolute atomic E-state index is 10.9. The maximum atomic E-state index is 10.9. The number of rotatable bonds is 1. The zero-order valence-corrected chi connectivity index (χ0v) is 5.96. The molecule has 54 valence electrons. The van der Waals surface area contributed by atoms with Gasteiger partial charge in [0.05, 0.1) is 0 Å². The Balaban J connectivity index is 2.93. The molecule has 0 bridgehead atoms. The maximum Gasteiger partial charge on any atom is 0.287 e. The number of carbonyl (C=O) groups excluding carboxylic acids is 1. The molecule has 1 amide bonds. The van der Waals surface area contributed by atoms with Crippen molar-refractivity contribution in [2.45, 2.75) is 0 Å². The van der Waals surface area contributed by atoms with E-state index in [1.54, 1.807) is 31.1 Å². The molecule has 0 fully saturated rings. The van der Waals surface area contributed by atoms with Gasteiger partial charge in [0.2, 0.25) is 0 Å². The molecule has 1 rings (SSSR count). The standard InChI is InChI=1S/C6H9N3O/c1-7-6(10)5-8-3-4-9(5)2/h3-4H,1-2H3,(H,7,10). The first-order chi connectivity index (χ1) is 4.75. The van der Waals surface area contributed by atoms with E-state index in [-0.39, 0.29) is 5.91 Å². The number of amides is 1. The fraction of sp³-hybridized carbons (Fsp3) is 0.333. The highest BCUT2D eigenvalue weighted by Crippen LogP contribution is 1.91. The van der Waals surface area contributed by atoms with Crippen molar-refractivity contribution in [2.24, 2.45) is 7.05 Å². The molecule has 0 saturated carbocycles. The van der Waals surface area contributed by atoms with Gasteiger partial charge in [0.15, 0.2) is 5.82 Å². The average molecular weight is 139 g/mol. The number of nitrogens with zero attached hydrogens (tertiary/aromatic N) is 2. The van der Waals surface area contributed by atoms with Gasteiger partial charge >= 0.3 is 0 Å². The first kappa shape index (κ1) is 6.80. The number of hydrogen-bond donors (Lipinski definition) is 1. The summed E-state index contributed by atoms with van der Waals surface area (Å²) in [4.78, 5) is 14.7. The normalized spacial score (nSPS) is 9.40. The van der Waals surface area contributed by atoms with Crippen LogP contribution in [0.25, 0.3) is 0 Å². The Hall–Kier alpha value is -1.32. The smallest absolute Gasteiger partial charge is 0.287 e. The summed E-state index contributed by atoms with van der Waals surface area (Å²) < 4.78 is 1.67. The lowest BCUT2D eigenvalue weighted by molar-refractivity contribution is 0.0950. The van der Waals surface area contributed by atoms with Crippen LogP contribution in [-0.2, 0) is 7.05 Å². The van der Waals surface area contributed by atoms with Gasteiger partial charge in [-0.2, -0.15) is 0 Å². The molecule has 1 heterocycles. The average Bonchev–Trinajstić information content (AvgIpc) is 2.34. The van der Waals surface area contributed by atoms with Crippen LogP contribution in [0.4, 0.5) is 0 Å². The van der Waals surface area contributed by atoms with E-state index in [1.165, 1.54) is 0 Å². The van der Waals surface area contributed by atoms with Crippen LogP contribution in [0.2, 0.25) is 0 Å². The summed E-state index contributed by atoms with van der Waals surface area (Å²) >= 11 is 0. The third kappa shape index (κ3) is 1.00. The zero-order chi connectivity index (χ0) is 7.56. The lowest BCUT2D eigenvalue weighted by atomic mass is 10.5. The van der Waals surface area contributed by atoms with Crippen LogP contribution >= 0.6 is 0 Å². The lowest BCUT2D eigenvalue weighted by Crippen LogP contribution is -2.21. The summed E-state index contributed by atoms with van der Waals surface area (Å²) in [6.07, 6.45) is 3.31. The van der Waals surface area contributed by atoms with Gasteiger partial charge in [0, 0.05) is 26.5 Å². The van der Waals surface area contributed by atoms with Crippen LogP contribution in [0.1, 0.15) is 10.6 Å². The Kier molecular flexibility index (Phi) is 1.71. The van der Waals surface area contributed by atoms with Crippen molar-refractivity contribution in [1.82, 2.24) is 14.9 Å². The summed E-state index contributed by atoms with van der Waals surface area (Å²) in [5.41, 5.74) is 0. The summed E-state index contributed by atoms with van der Waals surface area (Å²) in [6, 6.07) is 0. The Morgan fingerprint density at radius 1 is 1.80 bits per heavy atom. The monoisotopic (exact) mass is 139 g/mol. The molecule has 1 aromatic heterocycles. The quantitative estimate of drug-likeness (QED) is 0.584. The lowest BCUT2D eigenvalue weighted by Gasteiger charge is -1.97. The third-order valence-electron chi connectivity index (χ3n) is 1.25. The highest BCUT2D eigenvalue weighted by molar-refractivity contribution is 5.90. The molecule has 0 atom stereocenters. The number of nitrogens with one attached hydrogen (secondary N) is 1. The molecular formula is C6H9N3O. The minimum Gasteiger partial charge on any atom is -0.352 e. The molecule has 4 heteroatoms.